The van der Waals surface area contributed by atoms with Crippen LogP contribution in [-0.2, 0) is 9.53 Å². The second kappa shape index (κ2) is 6.08. The number of hydrogen-bond donors (Lipinski definition) is 1. The number of hydrogen-bond acceptors (Lipinski definition) is 3. The van der Waals surface area contributed by atoms with Gasteiger partial charge in [-0.25, -0.2) is 0 Å². The van der Waals surface area contributed by atoms with Crippen LogP contribution in [0.25, 0.3) is 0 Å². The van der Waals surface area contributed by atoms with Gasteiger partial charge in [0.25, 0.3) is 0 Å². The van der Waals surface area contributed by atoms with E-state index in [-0.39, 0.29) is 17.9 Å². The lowest BCUT2D eigenvalue weighted by Crippen LogP contribution is -2.50. The van der Waals surface area contributed by atoms with Gasteiger partial charge in [-0.3, -0.25) is 4.79 Å². The molecule has 2 atom stereocenters. The molecule has 0 aliphatic carbocycles. The Hall–Kier alpha value is -0.610. The number of ether oxygens (including phenoxy) is 1. The van der Waals surface area contributed by atoms with Crippen molar-refractivity contribution in [3.05, 3.63) is 0 Å². The average Bonchev–Trinajstić information content (AvgIpc) is 2.25. The van der Waals surface area contributed by atoms with Crippen molar-refractivity contribution in [3.63, 3.8) is 0 Å². The quantitative estimate of drug-likeness (QED) is 0.746. The van der Waals surface area contributed by atoms with Crippen LogP contribution in [0.15, 0.2) is 0 Å². The normalized spacial score (nSPS) is 23.9. The number of carbonyl (C=O) groups excluding carboxylic acids is 1. The van der Waals surface area contributed by atoms with Gasteiger partial charge in [-0.2, -0.15) is 0 Å². The van der Waals surface area contributed by atoms with Gasteiger partial charge in [0.15, 0.2) is 0 Å². The van der Waals surface area contributed by atoms with E-state index in [1.165, 1.54) is 0 Å². The Balaban J connectivity index is 2.55. The summed E-state index contributed by atoms with van der Waals surface area (Å²) in [4.78, 5) is 14.0. The zero-order valence-corrected chi connectivity index (χ0v) is 9.74. The Morgan fingerprint density at radius 2 is 2.40 bits per heavy atom. The summed E-state index contributed by atoms with van der Waals surface area (Å²) in [6.07, 6.45) is 1.89. The summed E-state index contributed by atoms with van der Waals surface area (Å²) in [5, 5.41) is 0. The monoisotopic (exact) mass is 214 g/mol. The van der Waals surface area contributed by atoms with Crippen molar-refractivity contribution in [3.8, 4) is 0 Å². The molecule has 1 fully saturated rings. The van der Waals surface area contributed by atoms with Gasteiger partial charge >= 0.3 is 0 Å². The highest BCUT2D eigenvalue weighted by molar-refractivity contribution is 5.79. The first-order valence-electron chi connectivity index (χ1n) is 5.79. The van der Waals surface area contributed by atoms with Gasteiger partial charge in [0.1, 0.15) is 0 Å². The summed E-state index contributed by atoms with van der Waals surface area (Å²) >= 11 is 0. The van der Waals surface area contributed by atoms with E-state index in [9.17, 15) is 4.79 Å². The molecule has 15 heavy (non-hydrogen) atoms. The van der Waals surface area contributed by atoms with Gasteiger partial charge in [-0.15, -0.1) is 0 Å². The molecule has 0 saturated carbocycles. The first kappa shape index (κ1) is 12.5. The predicted octanol–water partition coefficient (Wildman–Crippen LogP) is 0.609. The van der Waals surface area contributed by atoms with Gasteiger partial charge in [0, 0.05) is 13.1 Å². The van der Waals surface area contributed by atoms with E-state index in [1.54, 1.807) is 0 Å². The van der Waals surface area contributed by atoms with Crippen LogP contribution in [0.4, 0.5) is 0 Å². The summed E-state index contributed by atoms with van der Waals surface area (Å²) in [6, 6.07) is 0.192. The van der Waals surface area contributed by atoms with E-state index >= 15 is 0 Å². The highest BCUT2D eigenvalue weighted by Gasteiger charge is 2.28. The predicted molar refractivity (Wildman–Crippen MR) is 59.4 cm³/mol. The first-order chi connectivity index (χ1) is 7.20. The van der Waals surface area contributed by atoms with Crippen LogP contribution in [0.3, 0.4) is 0 Å². The third-order valence-electron chi connectivity index (χ3n) is 2.92. The molecule has 1 unspecified atom stereocenters. The smallest absolute Gasteiger partial charge is 0.227 e. The number of carbonyl (C=O) groups is 1. The van der Waals surface area contributed by atoms with Crippen LogP contribution in [0.5, 0.6) is 0 Å². The zero-order chi connectivity index (χ0) is 11.3. The SMILES string of the molecule is CCCC(CN)C(=O)N1CCOC[C@H]1C. The maximum absolute atomic E-state index is 12.1. The van der Waals surface area contributed by atoms with Gasteiger partial charge < -0.3 is 15.4 Å². The minimum absolute atomic E-state index is 0.00412. The second-order valence-corrected chi connectivity index (χ2v) is 4.18. The number of rotatable bonds is 4. The standard InChI is InChI=1S/C11H22N2O2/c1-3-4-10(7-12)11(14)13-5-6-15-8-9(13)2/h9-10H,3-8,12H2,1-2H3/t9-,10?/m1/s1. The lowest BCUT2D eigenvalue weighted by Gasteiger charge is -2.35. The summed E-state index contributed by atoms with van der Waals surface area (Å²) < 4.78 is 5.31. The molecule has 1 rings (SSSR count). The zero-order valence-electron chi connectivity index (χ0n) is 9.74. The van der Waals surface area contributed by atoms with E-state index in [1.807, 2.05) is 11.8 Å². The molecule has 0 bridgehead atoms. The lowest BCUT2D eigenvalue weighted by molar-refractivity contribution is -0.143. The minimum Gasteiger partial charge on any atom is -0.377 e. The van der Waals surface area contributed by atoms with Crippen LogP contribution in [0, 0.1) is 5.92 Å². The fraction of sp³-hybridized carbons (Fsp3) is 0.909. The maximum Gasteiger partial charge on any atom is 0.227 e. The van der Waals surface area contributed by atoms with Crippen molar-refractivity contribution in [2.45, 2.75) is 32.7 Å². The van der Waals surface area contributed by atoms with E-state index < -0.39 is 0 Å². The second-order valence-electron chi connectivity index (χ2n) is 4.18. The maximum atomic E-state index is 12.1. The average molecular weight is 214 g/mol. The molecule has 0 radical (unpaired) electrons. The lowest BCUT2D eigenvalue weighted by atomic mass is 10.0. The summed E-state index contributed by atoms with van der Waals surface area (Å²) in [6.45, 7) is 6.57. The van der Waals surface area contributed by atoms with Gasteiger partial charge in [0.05, 0.1) is 25.2 Å². The molecule has 88 valence electrons. The molecule has 2 N–H and O–H groups in total. The molecule has 4 nitrogen and oxygen atoms in total. The van der Waals surface area contributed by atoms with Crippen molar-refractivity contribution in [1.82, 2.24) is 4.90 Å². The molecule has 0 spiro atoms. The highest BCUT2D eigenvalue weighted by atomic mass is 16.5. The molecule has 1 aliphatic heterocycles. The number of morpholine rings is 1. The van der Waals surface area contributed by atoms with E-state index in [2.05, 4.69) is 6.92 Å². The Kier molecular flexibility index (Phi) is 5.05. The molecule has 1 saturated heterocycles. The van der Waals surface area contributed by atoms with E-state index in [0.29, 0.717) is 26.3 Å². The Bertz CT molecular complexity index is 209. The molecule has 0 aromatic heterocycles. The molecule has 0 aromatic carbocycles. The summed E-state index contributed by atoms with van der Waals surface area (Å²) in [5.74, 6) is 0.200. The van der Waals surface area contributed by atoms with E-state index in [0.717, 1.165) is 12.8 Å². The Morgan fingerprint density at radius 1 is 1.67 bits per heavy atom. The van der Waals surface area contributed by atoms with Crippen molar-refractivity contribution in [2.75, 3.05) is 26.3 Å². The number of nitrogens with two attached hydrogens (primary N) is 1. The fourth-order valence-corrected chi connectivity index (χ4v) is 1.98. The van der Waals surface area contributed by atoms with Gasteiger partial charge in [-0.1, -0.05) is 13.3 Å². The minimum atomic E-state index is -0.00412. The van der Waals surface area contributed by atoms with Crippen LogP contribution < -0.4 is 5.73 Å². The van der Waals surface area contributed by atoms with Crippen LogP contribution >= 0.6 is 0 Å². The number of amides is 1. The molecule has 1 amide bonds. The van der Waals surface area contributed by atoms with Crippen LogP contribution in [-0.4, -0.2) is 43.2 Å². The van der Waals surface area contributed by atoms with Gasteiger partial charge in [0.2, 0.25) is 5.91 Å². The third kappa shape index (κ3) is 3.18. The van der Waals surface area contributed by atoms with Crippen molar-refractivity contribution in [1.29, 1.82) is 0 Å². The topological polar surface area (TPSA) is 55.6 Å². The summed E-state index contributed by atoms with van der Waals surface area (Å²) in [7, 11) is 0. The number of nitrogens with zero attached hydrogens (tertiary/aromatic N) is 1. The van der Waals surface area contributed by atoms with E-state index in [4.69, 9.17) is 10.5 Å². The largest absolute Gasteiger partial charge is 0.377 e. The summed E-state index contributed by atoms with van der Waals surface area (Å²) in [5.41, 5.74) is 5.63. The van der Waals surface area contributed by atoms with Crippen LogP contribution in [0.1, 0.15) is 26.7 Å². The van der Waals surface area contributed by atoms with Crippen molar-refractivity contribution < 1.29 is 9.53 Å². The molecular formula is C11H22N2O2. The van der Waals surface area contributed by atoms with Crippen molar-refractivity contribution in [2.24, 2.45) is 11.7 Å². The van der Waals surface area contributed by atoms with Gasteiger partial charge in [-0.05, 0) is 13.3 Å². The van der Waals surface area contributed by atoms with Crippen molar-refractivity contribution >= 4 is 5.91 Å². The Labute approximate surface area is 91.8 Å². The molecule has 1 aliphatic rings. The fourth-order valence-electron chi connectivity index (χ4n) is 1.98. The third-order valence-corrected chi connectivity index (χ3v) is 2.92. The molecule has 4 heteroatoms. The molecule has 0 aromatic rings. The Morgan fingerprint density at radius 3 is 2.93 bits per heavy atom. The highest BCUT2D eigenvalue weighted by Crippen LogP contribution is 2.14. The van der Waals surface area contributed by atoms with Crippen LogP contribution in [0.2, 0.25) is 0 Å². The first-order valence-corrected chi connectivity index (χ1v) is 5.79. The molecule has 1 heterocycles. The molecular weight excluding hydrogens is 192 g/mol.